The minimum Gasteiger partial charge on any atom is -0.471 e. The molecule has 0 bridgehead atoms. The maximum atomic E-state index is 11.9. The molecule has 1 heterocycles. The molecular formula is C6H2F3NO. The normalized spacial score (nSPS) is 11.1. The molecule has 0 spiro atoms. The maximum absolute atomic E-state index is 11.9. The third-order valence-electron chi connectivity index (χ3n) is 1.09. The molecule has 0 aliphatic heterocycles. The number of halogens is 3. The molecule has 5 heteroatoms. The molecule has 0 aromatic carbocycles. The summed E-state index contributed by atoms with van der Waals surface area (Å²) in [6.45, 7) is 0. The van der Waals surface area contributed by atoms with Crippen molar-refractivity contribution in [2.24, 2.45) is 0 Å². The number of nitriles is 1. The zero-order chi connectivity index (χ0) is 8.48. The van der Waals surface area contributed by atoms with Crippen LogP contribution in [0.1, 0.15) is 11.1 Å². The largest absolute Gasteiger partial charge is 0.471 e. The first kappa shape index (κ1) is 7.66. The first-order valence-corrected chi connectivity index (χ1v) is 2.59. The van der Waals surface area contributed by atoms with Gasteiger partial charge in [0.15, 0.2) is 0 Å². The van der Waals surface area contributed by atoms with Crippen LogP contribution in [0.2, 0.25) is 0 Å². The van der Waals surface area contributed by atoms with E-state index < -0.39 is 17.3 Å². The van der Waals surface area contributed by atoms with Gasteiger partial charge in [-0.2, -0.15) is 18.4 Å². The number of alkyl halides is 3. The molecule has 2 nitrogen and oxygen atoms in total. The highest BCUT2D eigenvalue weighted by atomic mass is 19.4. The number of nitrogens with zero attached hydrogens (tertiary/aromatic N) is 1. The third kappa shape index (κ3) is 1.34. The fourth-order valence-corrected chi connectivity index (χ4v) is 0.603. The quantitative estimate of drug-likeness (QED) is 0.584. The third-order valence-corrected chi connectivity index (χ3v) is 1.09. The Kier molecular flexibility index (Phi) is 1.61. The van der Waals surface area contributed by atoms with Gasteiger partial charge in [0.05, 0.1) is 0 Å². The van der Waals surface area contributed by atoms with E-state index in [1.807, 2.05) is 0 Å². The Bertz CT molecular complexity index is 294. The van der Waals surface area contributed by atoms with Gasteiger partial charge in [-0.15, -0.1) is 0 Å². The second-order valence-electron chi connectivity index (χ2n) is 1.81. The summed E-state index contributed by atoms with van der Waals surface area (Å²) < 4.78 is 39.8. The molecule has 58 valence electrons. The zero-order valence-electron chi connectivity index (χ0n) is 5.14. The molecule has 1 aromatic rings. The molecule has 0 saturated carbocycles. The van der Waals surface area contributed by atoms with E-state index in [9.17, 15) is 13.2 Å². The lowest BCUT2D eigenvalue weighted by Crippen LogP contribution is -2.04. The molecule has 0 atom stereocenters. The summed E-state index contributed by atoms with van der Waals surface area (Å²) in [5.41, 5.74) is -1.52. The van der Waals surface area contributed by atoms with E-state index in [4.69, 9.17) is 5.26 Å². The van der Waals surface area contributed by atoms with Crippen LogP contribution in [-0.4, -0.2) is 0 Å². The van der Waals surface area contributed by atoms with Crippen LogP contribution in [0.5, 0.6) is 0 Å². The van der Waals surface area contributed by atoms with E-state index in [1.54, 1.807) is 0 Å². The molecule has 1 rings (SSSR count). The van der Waals surface area contributed by atoms with E-state index in [2.05, 4.69) is 4.42 Å². The molecule has 0 aliphatic rings. The average molecular weight is 161 g/mol. The number of rotatable bonds is 0. The van der Waals surface area contributed by atoms with Gasteiger partial charge in [0.25, 0.3) is 0 Å². The number of hydrogen-bond acceptors (Lipinski definition) is 2. The Morgan fingerprint density at radius 1 is 1.36 bits per heavy atom. The van der Waals surface area contributed by atoms with Crippen LogP contribution in [0.3, 0.4) is 0 Å². The lowest BCUT2D eigenvalue weighted by atomic mass is 10.2. The Morgan fingerprint density at radius 3 is 2.36 bits per heavy atom. The average Bonchev–Trinajstić information content (AvgIpc) is 2.31. The zero-order valence-corrected chi connectivity index (χ0v) is 5.14. The van der Waals surface area contributed by atoms with E-state index in [1.165, 1.54) is 6.07 Å². The summed E-state index contributed by atoms with van der Waals surface area (Å²) >= 11 is 0. The van der Waals surface area contributed by atoms with Gasteiger partial charge < -0.3 is 4.42 Å². The maximum Gasteiger partial charge on any atom is 0.420 e. The van der Waals surface area contributed by atoms with Crippen molar-refractivity contribution >= 4 is 0 Å². The van der Waals surface area contributed by atoms with Crippen molar-refractivity contribution in [3.63, 3.8) is 0 Å². The van der Waals surface area contributed by atoms with Gasteiger partial charge in [0.2, 0.25) is 0 Å². The van der Waals surface area contributed by atoms with Gasteiger partial charge in [0.1, 0.15) is 29.7 Å². The van der Waals surface area contributed by atoms with E-state index in [0.29, 0.717) is 6.26 Å². The summed E-state index contributed by atoms with van der Waals surface area (Å²) in [5.74, 6) is 0. The first-order valence-electron chi connectivity index (χ1n) is 2.59. The van der Waals surface area contributed by atoms with Crippen LogP contribution in [-0.2, 0) is 6.18 Å². The standard InChI is InChI=1S/C6H2F3NO/c7-6(8,9)5-3-11-2-4(5)1-10/h2-3H. The molecule has 0 radical (unpaired) electrons. The van der Waals surface area contributed by atoms with Crippen LogP contribution >= 0.6 is 0 Å². The van der Waals surface area contributed by atoms with E-state index >= 15 is 0 Å². The minimum absolute atomic E-state index is 0.488. The molecule has 1 aromatic heterocycles. The van der Waals surface area contributed by atoms with Crippen molar-refractivity contribution in [3.05, 3.63) is 23.7 Å². The molecule has 11 heavy (non-hydrogen) atoms. The Balaban J connectivity index is 3.15. The molecule has 0 amide bonds. The summed E-state index contributed by atoms with van der Waals surface area (Å²) in [6, 6.07) is 1.37. The van der Waals surface area contributed by atoms with Gasteiger partial charge in [-0.05, 0) is 0 Å². The summed E-state index contributed by atoms with van der Waals surface area (Å²) in [6.07, 6.45) is -3.22. The fraction of sp³-hybridized carbons (Fsp3) is 0.167. The lowest BCUT2D eigenvalue weighted by molar-refractivity contribution is -0.138. The monoisotopic (exact) mass is 161 g/mol. The summed E-state index contributed by atoms with van der Waals surface area (Å²) in [7, 11) is 0. The highest BCUT2D eigenvalue weighted by Crippen LogP contribution is 2.31. The van der Waals surface area contributed by atoms with Gasteiger partial charge in [-0.1, -0.05) is 0 Å². The lowest BCUT2D eigenvalue weighted by Gasteiger charge is -2.00. The topological polar surface area (TPSA) is 36.9 Å². The second kappa shape index (κ2) is 2.31. The Morgan fingerprint density at radius 2 is 2.00 bits per heavy atom. The molecule has 0 aliphatic carbocycles. The van der Waals surface area contributed by atoms with Crippen LogP contribution < -0.4 is 0 Å². The molecular weight excluding hydrogens is 159 g/mol. The van der Waals surface area contributed by atoms with Crippen molar-refractivity contribution < 1.29 is 17.6 Å². The van der Waals surface area contributed by atoms with E-state index in [0.717, 1.165) is 6.26 Å². The highest BCUT2D eigenvalue weighted by Gasteiger charge is 2.35. The number of furan rings is 1. The summed E-state index contributed by atoms with van der Waals surface area (Å²) in [4.78, 5) is 0. The minimum atomic E-state index is -4.50. The van der Waals surface area contributed by atoms with Crippen molar-refractivity contribution in [1.82, 2.24) is 0 Å². The predicted molar refractivity (Wildman–Crippen MR) is 28.4 cm³/mol. The van der Waals surface area contributed by atoms with Crippen molar-refractivity contribution in [2.45, 2.75) is 6.18 Å². The molecule has 0 unspecified atom stereocenters. The van der Waals surface area contributed by atoms with Gasteiger partial charge in [-0.3, -0.25) is 0 Å². The van der Waals surface area contributed by atoms with E-state index in [-0.39, 0.29) is 0 Å². The van der Waals surface area contributed by atoms with Crippen molar-refractivity contribution in [3.8, 4) is 6.07 Å². The van der Waals surface area contributed by atoms with Gasteiger partial charge in [-0.25, -0.2) is 0 Å². The predicted octanol–water partition coefficient (Wildman–Crippen LogP) is 2.17. The molecule has 0 fully saturated rings. The van der Waals surface area contributed by atoms with Crippen molar-refractivity contribution in [1.29, 1.82) is 5.26 Å². The van der Waals surface area contributed by atoms with Gasteiger partial charge in [0, 0.05) is 0 Å². The first-order chi connectivity index (χ1) is 5.05. The second-order valence-corrected chi connectivity index (χ2v) is 1.81. The van der Waals surface area contributed by atoms with Crippen LogP contribution in [0.4, 0.5) is 13.2 Å². The van der Waals surface area contributed by atoms with Crippen molar-refractivity contribution in [2.75, 3.05) is 0 Å². The SMILES string of the molecule is N#Cc1cocc1C(F)(F)F. The van der Waals surface area contributed by atoms with Crippen LogP contribution in [0, 0.1) is 11.3 Å². The van der Waals surface area contributed by atoms with Crippen LogP contribution in [0.15, 0.2) is 16.9 Å². The fourth-order valence-electron chi connectivity index (χ4n) is 0.603. The van der Waals surface area contributed by atoms with Gasteiger partial charge >= 0.3 is 6.18 Å². The van der Waals surface area contributed by atoms with Crippen LogP contribution in [0.25, 0.3) is 0 Å². The molecule has 0 saturated heterocycles. The Labute approximate surface area is 59.8 Å². The number of hydrogen-bond donors (Lipinski definition) is 0. The Hall–Kier alpha value is -1.44. The highest BCUT2D eigenvalue weighted by molar-refractivity contribution is 5.35. The summed E-state index contributed by atoms with van der Waals surface area (Å²) in [5, 5.41) is 8.16. The molecule has 0 N–H and O–H groups in total. The smallest absolute Gasteiger partial charge is 0.420 e.